The average Bonchev–Trinajstić information content (AvgIpc) is 2.54. The zero-order chi connectivity index (χ0) is 17.1. The van der Waals surface area contributed by atoms with E-state index in [4.69, 9.17) is 0 Å². The van der Waals surface area contributed by atoms with Gasteiger partial charge in [0.25, 0.3) is 0 Å². The van der Waals surface area contributed by atoms with Gasteiger partial charge < -0.3 is 5.11 Å². The van der Waals surface area contributed by atoms with Crippen LogP contribution < -0.4 is 4.72 Å². The standard InChI is InChI=1S/C18H23NO3S/c1-14(2)23(21,22)19-13-18(3,20)17-11-9-16(10-12-17)15-7-5-4-6-8-15/h4-12,14,19-20H,13H2,1-3H3. The van der Waals surface area contributed by atoms with E-state index in [0.717, 1.165) is 11.1 Å². The van der Waals surface area contributed by atoms with Gasteiger partial charge in [-0.25, -0.2) is 13.1 Å². The highest BCUT2D eigenvalue weighted by Crippen LogP contribution is 2.25. The van der Waals surface area contributed by atoms with Crippen molar-refractivity contribution in [2.75, 3.05) is 6.54 Å². The molecule has 0 aromatic heterocycles. The molecule has 0 spiro atoms. The second-order valence-corrected chi connectivity index (χ2v) is 8.45. The first-order valence-electron chi connectivity index (χ1n) is 7.59. The molecule has 0 saturated heterocycles. The molecule has 2 rings (SSSR count). The summed E-state index contributed by atoms with van der Waals surface area (Å²) < 4.78 is 26.1. The molecule has 1 atom stereocenters. The van der Waals surface area contributed by atoms with E-state index >= 15 is 0 Å². The summed E-state index contributed by atoms with van der Waals surface area (Å²) in [4.78, 5) is 0. The number of sulfonamides is 1. The van der Waals surface area contributed by atoms with Crippen molar-refractivity contribution >= 4 is 10.0 Å². The fourth-order valence-corrected chi connectivity index (χ4v) is 2.98. The number of aliphatic hydroxyl groups is 1. The van der Waals surface area contributed by atoms with E-state index in [2.05, 4.69) is 4.72 Å². The van der Waals surface area contributed by atoms with Gasteiger partial charge in [-0.05, 0) is 37.5 Å². The van der Waals surface area contributed by atoms with Crippen LogP contribution in [-0.4, -0.2) is 25.3 Å². The number of hydrogen-bond donors (Lipinski definition) is 2. The number of nitrogens with one attached hydrogen (secondary N) is 1. The highest BCUT2D eigenvalue weighted by molar-refractivity contribution is 7.90. The molecule has 0 aliphatic carbocycles. The number of hydrogen-bond acceptors (Lipinski definition) is 3. The molecule has 5 heteroatoms. The van der Waals surface area contributed by atoms with E-state index < -0.39 is 20.9 Å². The molecule has 2 N–H and O–H groups in total. The van der Waals surface area contributed by atoms with Crippen LogP contribution in [0.2, 0.25) is 0 Å². The fraction of sp³-hybridized carbons (Fsp3) is 0.333. The molecule has 4 nitrogen and oxygen atoms in total. The maximum atomic E-state index is 11.8. The molecule has 0 fully saturated rings. The van der Waals surface area contributed by atoms with E-state index in [1.165, 1.54) is 0 Å². The fourth-order valence-electron chi connectivity index (χ4n) is 2.16. The van der Waals surface area contributed by atoms with Crippen LogP contribution in [-0.2, 0) is 15.6 Å². The Hall–Kier alpha value is -1.69. The van der Waals surface area contributed by atoms with Gasteiger partial charge in [0.2, 0.25) is 10.0 Å². The summed E-state index contributed by atoms with van der Waals surface area (Å²) in [7, 11) is -3.40. The Morgan fingerprint density at radius 1 is 1.00 bits per heavy atom. The quantitative estimate of drug-likeness (QED) is 0.854. The highest BCUT2D eigenvalue weighted by atomic mass is 32.2. The van der Waals surface area contributed by atoms with Gasteiger partial charge in [0.05, 0.1) is 5.25 Å². The second kappa shape index (κ2) is 6.83. The van der Waals surface area contributed by atoms with E-state index in [1.54, 1.807) is 20.8 Å². The van der Waals surface area contributed by atoms with E-state index in [9.17, 15) is 13.5 Å². The Morgan fingerprint density at radius 3 is 2.04 bits per heavy atom. The molecule has 0 aliphatic heterocycles. The van der Waals surface area contributed by atoms with Gasteiger partial charge in [-0.3, -0.25) is 0 Å². The Bertz CT molecular complexity index is 736. The summed E-state index contributed by atoms with van der Waals surface area (Å²) in [6.45, 7) is 4.75. The molecule has 0 bridgehead atoms. The third-order valence-corrected chi connectivity index (χ3v) is 5.64. The molecule has 0 saturated carbocycles. The summed E-state index contributed by atoms with van der Waals surface area (Å²) >= 11 is 0. The first kappa shape index (κ1) is 17.7. The largest absolute Gasteiger partial charge is 0.384 e. The lowest BCUT2D eigenvalue weighted by molar-refractivity contribution is 0.0627. The van der Waals surface area contributed by atoms with Crippen LogP contribution in [0.4, 0.5) is 0 Å². The van der Waals surface area contributed by atoms with Crippen molar-refractivity contribution in [1.82, 2.24) is 4.72 Å². The van der Waals surface area contributed by atoms with Crippen LogP contribution in [0.5, 0.6) is 0 Å². The number of rotatable bonds is 6. The molecular weight excluding hydrogens is 310 g/mol. The van der Waals surface area contributed by atoms with Crippen molar-refractivity contribution in [2.45, 2.75) is 31.6 Å². The molecule has 2 aromatic rings. The van der Waals surface area contributed by atoms with Crippen LogP contribution in [0.1, 0.15) is 26.3 Å². The van der Waals surface area contributed by atoms with Crippen LogP contribution in [0.3, 0.4) is 0 Å². The Kier molecular flexibility index (Phi) is 5.24. The topological polar surface area (TPSA) is 66.4 Å². The van der Waals surface area contributed by atoms with Crippen LogP contribution in [0.15, 0.2) is 54.6 Å². The van der Waals surface area contributed by atoms with Crippen molar-refractivity contribution in [3.05, 3.63) is 60.2 Å². The summed E-state index contributed by atoms with van der Waals surface area (Å²) in [6, 6.07) is 17.4. The lowest BCUT2D eigenvalue weighted by Crippen LogP contribution is -2.41. The minimum atomic E-state index is -3.40. The molecule has 0 aliphatic rings. The Balaban J connectivity index is 2.14. The summed E-state index contributed by atoms with van der Waals surface area (Å²) in [5, 5.41) is 10.0. The minimum absolute atomic E-state index is 0.0573. The zero-order valence-electron chi connectivity index (χ0n) is 13.7. The summed E-state index contributed by atoms with van der Waals surface area (Å²) in [5.74, 6) is 0. The third-order valence-electron chi connectivity index (χ3n) is 3.85. The van der Waals surface area contributed by atoms with Gasteiger partial charge in [0.15, 0.2) is 0 Å². The third kappa shape index (κ3) is 4.41. The van der Waals surface area contributed by atoms with Crippen LogP contribution >= 0.6 is 0 Å². The molecule has 23 heavy (non-hydrogen) atoms. The molecule has 0 amide bonds. The van der Waals surface area contributed by atoms with Gasteiger partial charge in [0, 0.05) is 6.54 Å². The molecule has 1 unspecified atom stereocenters. The van der Waals surface area contributed by atoms with Gasteiger partial charge in [-0.2, -0.15) is 0 Å². The van der Waals surface area contributed by atoms with Crippen LogP contribution in [0.25, 0.3) is 11.1 Å². The van der Waals surface area contributed by atoms with Gasteiger partial charge in [-0.1, -0.05) is 54.6 Å². The second-order valence-electron chi connectivity index (χ2n) is 6.13. The van der Waals surface area contributed by atoms with Crippen molar-refractivity contribution < 1.29 is 13.5 Å². The maximum absolute atomic E-state index is 11.8. The van der Waals surface area contributed by atoms with Crippen molar-refractivity contribution in [3.8, 4) is 11.1 Å². The number of benzene rings is 2. The van der Waals surface area contributed by atoms with Gasteiger partial charge in [0.1, 0.15) is 5.60 Å². The van der Waals surface area contributed by atoms with Crippen molar-refractivity contribution in [3.63, 3.8) is 0 Å². The predicted molar refractivity (Wildman–Crippen MR) is 93.5 cm³/mol. The lowest BCUT2D eigenvalue weighted by Gasteiger charge is -2.25. The summed E-state index contributed by atoms with van der Waals surface area (Å²) in [5.41, 5.74) is 1.55. The molecule has 0 radical (unpaired) electrons. The Labute approximate surface area is 138 Å². The predicted octanol–water partition coefficient (Wildman–Crippen LogP) is 2.89. The average molecular weight is 333 g/mol. The lowest BCUT2D eigenvalue weighted by atomic mass is 9.94. The SMILES string of the molecule is CC(C)S(=O)(=O)NCC(C)(O)c1ccc(-c2ccccc2)cc1. The monoisotopic (exact) mass is 333 g/mol. The van der Waals surface area contributed by atoms with Crippen molar-refractivity contribution in [1.29, 1.82) is 0 Å². The normalized spacial score (nSPS) is 14.7. The Morgan fingerprint density at radius 2 is 1.52 bits per heavy atom. The first-order chi connectivity index (χ1) is 10.7. The molecule has 124 valence electrons. The molecule has 2 aromatic carbocycles. The van der Waals surface area contributed by atoms with Gasteiger partial charge >= 0.3 is 0 Å². The zero-order valence-corrected chi connectivity index (χ0v) is 14.5. The first-order valence-corrected chi connectivity index (χ1v) is 9.14. The van der Waals surface area contributed by atoms with Crippen molar-refractivity contribution in [2.24, 2.45) is 0 Å². The highest BCUT2D eigenvalue weighted by Gasteiger charge is 2.26. The van der Waals surface area contributed by atoms with E-state index in [0.29, 0.717) is 5.56 Å². The smallest absolute Gasteiger partial charge is 0.214 e. The minimum Gasteiger partial charge on any atom is -0.384 e. The van der Waals surface area contributed by atoms with E-state index in [-0.39, 0.29) is 6.54 Å². The molecule has 0 heterocycles. The van der Waals surface area contributed by atoms with Gasteiger partial charge in [-0.15, -0.1) is 0 Å². The maximum Gasteiger partial charge on any atom is 0.214 e. The summed E-state index contributed by atoms with van der Waals surface area (Å²) in [6.07, 6.45) is 0. The van der Waals surface area contributed by atoms with Crippen LogP contribution in [0, 0.1) is 0 Å². The van der Waals surface area contributed by atoms with E-state index in [1.807, 2.05) is 54.6 Å². The molecular formula is C18H23NO3S.